The largest absolute Gasteiger partial charge is 0.391 e. The second-order valence-electron chi connectivity index (χ2n) is 4.46. The molecule has 4 heteroatoms. The number of nitrogens with zero attached hydrogens (tertiary/aromatic N) is 1. The van der Waals surface area contributed by atoms with Crippen molar-refractivity contribution >= 4 is 0 Å². The van der Waals surface area contributed by atoms with Crippen LogP contribution in [0.25, 0.3) is 0 Å². The van der Waals surface area contributed by atoms with E-state index in [1.807, 2.05) is 13.8 Å². The summed E-state index contributed by atoms with van der Waals surface area (Å²) in [7, 11) is 0. The van der Waals surface area contributed by atoms with Crippen LogP contribution in [-0.4, -0.2) is 21.0 Å². The van der Waals surface area contributed by atoms with E-state index in [2.05, 4.69) is 5.10 Å². The first-order valence-corrected chi connectivity index (χ1v) is 5.57. The van der Waals surface area contributed by atoms with Gasteiger partial charge in [-0.05, 0) is 26.7 Å². The van der Waals surface area contributed by atoms with Gasteiger partial charge in [-0.3, -0.25) is 9.89 Å². The first kappa shape index (κ1) is 10.5. The number of H-pyrrole nitrogens is 1. The van der Waals surface area contributed by atoms with Gasteiger partial charge in [-0.15, -0.1) is 0 Å². The number of aryl methyl sites for hydroxylation is 1. The molecule has 0 radical (unpaired) electrons. The molecule has 1 fully saturated rings. The Morgan fingerprint density at radius 1 is 1.33 bits per heavy atom. The smallest absolute Gasteiger partial charge is 0.269 e. The standard InChI is InChI=1S/C11H18N2O2/c1-7-8(2)12-13(11(7)15)9-5-3-4-6-10(9)14/h9-10,12,14H,3-6H2,1-2H3. The predicted octanol–water partition coefficient (Wildman–Crippen LogP) is 1.27. The molecule has 1 aliphatic carbocycles. The summed E-state index contributed by atoms with van der Waals surface area (Å²) in [5, 5.41) is 12.9. The average molecular weight is 210 g/mol. The van der Waals surface area contributed by atoms with Crippen LogP contribution in [0.2, 0.25) is 0 Å². The Morgan fingerprint density at radius 2 is 2.00 bits per heavy atom. The molecule has 4 nitrogen and oxygen atoms in total. The molecular weight excluding hydrogens is 192 g/mol. The maximum absolute atomic E-state index is 11.9. The minimum Gasteiger partial charge on any atom is -0.391 e. The molecular formula is C11H18N2O2. The molecule has 1 saturated carbocycles. The molecule has 1 aromatic heterocycles. The predicted molar refractivity (Wildman–Crippen MR) is 58.0 cm³/mol. The van der Waals surface area contributed by atoms with Gasteiger partial charge in [0.2, 0.25) is 0 Å². The molecule has 2 unspecified atom stereocenters. The van der Waals surface area contributed by atoms with Crippen molar-refractivity contribution in [1.29, 1.82) is 0 Å². The Morgan fingerprint density at radius 3 is 2.53 bits per heavy atom. The Hall–Kier alpha value is -1.03. The molecule has 15 heavy (non-hydrogen) atoms. The van der Waals surface area contributed by atoms with Crippen LogP contribution in [0, 0.1) is 13.8 Å². The third-order valence-electron chi connectivity index (χ3n) is 3.42. The van der Waals surface area contributed by atoms with Crippen molar-refractivity contribution in [2.45, 2.75) is 51.7 Å². The van der Waals surface area contributed by atoms with E-state index in [-0.39, 0.29) is 17.7 Å². The Balaban J connectivity index is 2.36. The van der Waals surface area contributed by atoms with Crippen LogP contribution in [0.15, 0.2) is 4.79 Å². The fourth-order valence-corrected chi connectivity index (χ4v) is 2.28. The zero-order valence-corrected chi connectivity index (χ0v) is 9.29. The lowest BCUT2D eigenvalue weighted by atomic mass is 9.93. The average Bonchev–Trinajstić information content (AvgIpc) is 2.47. The molecule has 84 valence electrons. The van der Waals surface area contributed by atoms with Crippen LogP contribution in [0.5, 0.6) is 0 Å². The highest BCUT2D eigenvalue weighted by Gasteiger charge is 2.26. The molecule has 1 aromatic rings. The van der Waals surface area contributed by atoms with Gasteiger partial charge in [-0.1, -0.05) is 12.8 Å². The Bertz CT molecular complexity index is 405. The Labute approximate surface area is 88.9 Å². The van der Waals surface area contributed by atoms with Gasteiger partial charge in [-0.2, -0.15) is 0 Å². The lowest BCUT2D eigenvalue weighted by Crippen LogP contribution is -2.34. The van der Waals surface area contributed by atoms with Gasteiger partial charge in [0, 0.05) is 11.3 Å². The number of nitrogens with one attached hydrogen (secondary N) is 1. The number of aliphatic hydroxyl groups is 1. The second kappa shape index (κ2) is 3.85. The van der Waals surface area contributed by atoms with Crippen molar-refractivity contribution in [1.82, 2.24) is 9.78 Å². The van der Waals surface area contributed by atoms with Gasteiger partial charge in [0.25, 0.3) is 5.56 Å². The van der Waals surface area contributed by atoms with E-state index in [1.165, 1.54) is 0 Å². The van der Waals surface area contributed by atoms with E-state index in [0.717, 1.165) is 36.9 Å². The molecule has 2 atom stereocenters. The minimum absolute atomic E-state index is 0.0125. The van der Waals surface area contributed by atoms with Crippen molar-refractivity contribution in [3.63, 3.8) is 0 Å². The van der Waals surface area contributed by atoms with Gasteiger partial charge in [0.15, 0.2) is 0 Å². The summed E-state index contributed by atoms with van der Waals surface area (Å²) in [6.45, 7) is 3.71. The highest BCUT2D eigenvalue weighted by molar-refractivity contribution is 5.13. The minimum atomic E-state index is -0.381. The van der Waals surface area contributed by atoms with E-state index in [9.17, 15) is 9.90 Å². The van der Waals surface area contributed by atoms with E-state index < -0.39 is 0 Å². The molecule has 0 bridgehead atoms. The molecule has 1 heterocycles. The summed E-state index contributed by atoms with van der Waals surface area (Å²) in [5.41, 5.74) is 1.67. The third-order valence-corrected chi connectivity index (χ3v) is 3.42. The molecule has 2 rings (SSSR count). The zero-order valence-electron chi connectivity index (χ0n) is 9.29. The summed E-state index contributed by atoms with van der Waals surface area (Å²) in [6, 6.07) is -0.0568. The van der Waals surface area contributed by atoms with Gasteiger partial charge < -0.3 is 5.11 Å². The SMILES string of the molecule is Cc1[nH]n(C2CCCCC2O)c(=O)c1C. The van der Waals surface area contributed by atoms with E-state index in [0.29, 0.717) is 0 Å². The van der Waals surface area contributed by atoms with E-state index in [4.69, 9.17) is 0 Å². The summed E-state index contributed by atoms with van der Waals surface area (Å²) in [4.78, 5) is 11.9. The topological polar surface area (TPSA) is 58.0 Å². The van der Waals surface area contributed by atoms with Crippen LogP contribution in [-0.2, 0) is 0 Å². The molecule has 2 N–H and O–H groups in total. The number of aromatic amines is 1. The Kier molecular flexibility index (Phi) is 2.69. The van der Waals surface area contributed by atoms with Crippen molar-refractivity contribution in [3.8, 4) is 0 Å². The molecule has 0 aromatic carbocycles. The second-order valence-corrected chi connectivity index (χ2v) is 4.46. The quantitative estimate of drug-likeness (QED) is 0.733. The van der Waals surface area contributed by atoms with Crippen LogP contribution in [0.1, 0.15) is 43.0 Å². The summed E-state index contributed by atoms with van der Waals surface area (Å²) >= 11 is 0. The highest BCUT2D eigenvalue weighted by Crippen LogP contribution is 2.27. The van der Waals surface area contributed by atoms with Crippen molar-refractivity contribution in [2.24, 2.45) is 0 Å². The molecule has 0 aliphatic heterocycles. The van der Waals surface area contributed by atoms with Crippen LogP contribution >= 0.6 is 0 Å². The first-order chi connectivity index (χ1) is 7.11. The maximum Gasteiger partial charge on any atom is 0.269 e. The van der Waals surface area contributed by atoms with Gasteiger partial charge in [0.05, 0.1) is 12.1 Å². The summed E-state index contributed by atoms with van der Waals surface area (Å²) in [5.74, 6) is 0. The van der Waals surface area contributed by atoms with E-state index >= 15 is 0 Å². The fraction of sp³-hybridized carbons (Fsp3) is 0.727. The lowest BCUT2D eigenvalue weighted by Gasteiger charge is -2.27. The highest BCUT2D eigenvalue weighted by atomic mass is 16.3. The number of aromatic nitrogens is 2. The van der Waals surface area contributed by atoms with Crippen molar-refractivity contribution in [3.05, 3.63) is 21.6 Å². The zero-order chi connectivity index (χ0) is 11.0. The number of aliphatic hydroxyl groups excluding tert-OH is 1. The number of hydrogen-bond acceptors (Lipinski definition) is 2. The normalized spacial score (nSPS) is 26.9. The fourth-order valence-electron chi connectivity index (χ4n) is 2.28. The molecule has 0 saturated heterocycles. The maximum atomic E-state index is 11.9. The van der Waals surface area contributed by atoms with Crippen LogP contribution in [0.4, 0.5) is 0 Å². The molecule has 1 aliphatic rings. The molecule has 0 amide bonds. The van der Waals surface area contributed by atoms with Gasteiger partial charge in [-0.25, -0.2) is 4.68 Å². The van der Waals surface area contributed by atoms with Crippen LogP contribution in [0.3, 0.4) is 0 Å². The van der Waals surface area contributed by atoms with Crippen LogP contribution < -0.4 is 5.56 Å². The summed E-state index contributed by atoms with van der Waals surface area (Å²) < 4.78 is 1.61. The van der Waals surface area contributed by atoms with Crippen molar-refractivity contribution in [2.75, 3.05) is 0 Å². The van der Waals surface area contributed by atoms with Gasteiger partial charge in [0.1, 0.15) is 0 Å². The summed E-state index contributed by atoms with van der Waals surface area (Å²) in [6.07, 6.45) is 3.46. The van der Waals surface area contributed by atoms with Crippen molar-refractivity contribution < 1.29 is 5.11 Å². The number of rotatable bonds is 1. The van der Waals surface area contributed by atoms with E-state index in [1.54, 1.807) is 4.68 Å². The first-order valence-electron chi connectivity index (χ1n) is 5.57. The lowest BCUT2D eigenvalue weighted by molar-refractivity contribution is 0.0677. The molecule has 0 spiro atoms. The number of hydrogen-bond donors (Lipinski definition) is 2. The van der Waals surface area contributed by atoms with Gasteiger partial charge >= 0.3 is 0 Å². The third kappa shape index (κ3) is 1.74. The monoisotopic (exact) mass is 210 g/mol.